The van der Waals surface area contributed by atoms with Crippen LogP contribution in [0.25, 0.3) is 0 Å². The van der Waals surface area contributed by atoms with Gasteiger partial charge < -0.3 is 14.2 Å². The zero-order valence-corrected chi connectivity index (χ0v) is 43.1. The molecule has 0 radical (unpaired) electrons. The molecule has 378 valence electrons. The molecule has 67 heavy (non-hydrogen) atoms. The van der Waals surface area contributed by atoms with Crippen molar-refractivity contribution < 1.29 is 28.6 Å². The molecule has 0 aromatic carbocycles. The first-order chi connectivity index (χ1) is 33.0. The number of hydrogen-bond donors (Lipinski definition) is 0. The van der Waals surface area contributed by atoms with Crippen molar-refractivity contribution in [3.63, 3.8) is 0 Å². The van der Waals surface area contributed by atoms with Crippen LogP contribution in [0.5, 0.6) is 0 Å². The van der Waals surface area contributed by atoms with E-state index in [2.05, 4.69) is 69.4 Å². The molecule has 0 amide bonds. The fourth-order valence-electron chi connectivity index (χ4n) is 7.04. The van der Waals surface area contributed by atoms with Gasteiger partial charge in [0.25, 0.3) is 0 Å². The van der Waals surface area contributed by atoms with E-state index in [-0.39, 0.29) is 31.1 Å². The Hall–Kier alpha value is -4.19. The van der Waals surface area contributed by atoms with Crippen molar-refractivity contribution in [3.05, 3.63) is 122 Å². The zero-order valence-electron chi connectivity index (χ0n) is 43.1. The standard InChI is InChI=1S/C61H98O6/c1-4-7-10-13-16-19-22-24-26-28-30-32-34-36-39-42-45-48-51-54-60(63)66-57-58(56-65-59(62)53-50-47-44-41-38-21-18-15-12-9-6-3)67-61(64)55-52-49-46-43-40-37-35-33-31-29-27-25-23-20-17-14-11-8-5-2/h7,10,13,15-16,18-19,21-22,24,26,28-32,34,36,38-39,58H,4-6,8-9,11-12,14,17,20,23,25,27,33,35,37,40-57H2,1-3H3/b10-7-,16-13-,18-15-,22-19-,26-24-,30-28+,31-29-,34-32-,38-21-,39-36-. The summed E-state index contributed by atoms with van der Waals surface area (Å²) in [4.78, 5) is 38.0. The first-order valence-corrected chi connectivity index (χ1v) is 27.2. The highest BCUT2D eigenvalue weighted by molar-refractivity contribution is 5.71. The molecule has 0 spiro atoms. The van der Waals surface area contributed by atoms with E-state index >= 15 is 0 Å². The average Bonchev–Trinajstić information content (AvgIpc) is 3.33. The molecule has 0 rings (SSSR count). The summed E-state index contributed by atoms with van der Waals surface area (Å²) in [6.45, 7) is 6.36. The second kappa shape index (κ2) is 54.4. The summed E-state index contributed by atoms with van der Waals surface area (Å²) in [6.07, 6.45) is 74.7. The van der Waals surface area contributed by atoms with Gasteiger partial charge in [0.2, 0.25) is 0 Å². The molecule has 0 aromatic heterocycles. The van der Waals surface area contributed by atoms with Gasteiger partial charge in [-0.3, -0.25) is 14.4 Å². The second-order valence-electron chi connectivity index (χ2n) is 17.6. The maximum atomic E-state index is 12.8. The van der Waals surface area contributed by atoms with Crippen molar-refractivity contribution >= 4 is 17.9 Å². The summed E-state index contributed by atoms with van der Waals surface area (Å²) < 4.78 is 16.7. The summed E-state index contributed by atoms with van der Waals surface area (Å²) in [5.74, 6) is -0.992. The van der Waals surface area contributed by atoms with Crippen molar-refractivity contribution in [1.29, 1.82) is 0 Å². The van der Waals surface area contributed by atoms with Crippen molar-refractivity contribution in [3.8, 4) is 0 Å². The Morgan fingerprint density at radius 1 is 0.313 bits per heavy atom. The number of esters is 3. The summed E-state index contributed by atoms with van der Waals surface area (Å²) in [7, 11) is 0. The number of carbonyl (C=O) groups is 3. The van der Waals surface area contributed by atoms with Gasteiger partial charge in [0, 0.05) is 19.3 Å². The zero-order chi connectivity index (χ0) is 48.6. The maximum absolute atomic E-state index is 12.8. The summed E-state index contributed by atoms with van der Waals surface area (Å²) >= 11 is 0. The van der Waals surface area contributed by atoms with E-state index < -0.39 is 6.10 Å². The summed E-state index contributed by atoms with van der Waals surface area (Å²) in [6, 6.07) is 0. The molecule has 0 fully saturated rings. The topological polar surface area (TPSA) is 78.9 Å². The van der Waals surface area contributed by atoms with Gasteiger partial charge in [-0.1, -0.05) is 245 Å². The smallest absolute Gasteiger partial charge is 0.306 e. The minimum absolute atomic E-state index is 0.112. The number of unbranched alkanes of at least 4 members (excludes halogenated alkanes) is 23. The van der Waals surface area contributed by atoms with Crippen molar-refractivity contribution in [2.45, 2.75) is 232 Å². The van der Waals surface area contributed by atoms with Gasteiger partial charge in [-0.05, 0) is 83.5 Å². The lowest BCUT2D eigenvalue weighted by molar-refractivity contribution is -0.167. The van der Waals surface area contributed by atoms with Crippen LogP contribution in [0.15, 0.2) is 122 Å². The van der Waals surface area contributed by atoms with Gasteiger partial charge in [0.1, 0.15) is 13.2 Å². The highest BCUT2D eigenvalue weighted by Crippen LogP contribution is 2.14. The summed E-state index contributed by atoms with van der Waals surface area (Å²) in [5, 5.41) is 0. The van der Waals surface area contributed by atoms with Crippen molar-refractivity contribution in [2.24, 2.45) is 0 Å². The fourth-order valence-corrected chi connectivity index (χ4v) is 7.04. The number of carbonyl (C=O) groups excluding carboxylic acids is 3. The Balaban J connectivity index is 4.50. The molecular weight excluding hydrogens is 829 g/mol. The molecule has 0 N–H and O–H groups in total. The van der Waals surface area contributed by atoms with E-state index in [1.165, 1.54) is 103 Å². The van der Waals surface area contributed by atoms with E-state index in [1.807, 2.05) is 72.9 Å². The van der Waals surface area contributed by atoms with Gasteiger partial charge in [0.15, 0.2) is 6.10 Å². The van der Waals surface area contributed by atoms with Crippen LogP contribution in [0.3, 0.4) is 0 Å². The maximum Gasteiger partial charge on any atom is 0.306 e. The second-order valence-corrected chi connectivity index (χ2v) is 17.6. The molecule has 0 heterocycles. The molecular formula is C61H98O6. The highest BCUT2D eigenvalue weighted by Gasteiger charge is 2.19. The molecule has 6 heteroatoms. The molecule has 6 nitrogen and oxygen atoms in total. The van der Waals surface area contributed by atoms with Gasteiger partial charge in [-0.2, -0.15) is 0 Å². The quantitative estimate of drug-likeness (QED) is 0.0199. The minimum Gasteiger partial charge on any atom is -0.462 e. The third-order valence-corrected chi connectivity index (χ3v) is 11.1. The van der Waals surface area contributed by atoms with Crippen LogP contribution in [0.4, 0.5) is 0 Å². The fraction of sp³-hybridized carbons (Fsp3) is 0.623. The molecule has 0 aliphatic heterocycles. The normalized spacial score (nSPS) is 13.1. The monoisotopic (exact) mass is 927 g/mol. The first kappa shape index (κ1) is 62.8. The van der Waals surface area contributed by atoms with Crippen LogP contribution in [-0.4, -0.2) is 37.2 Å². The third-order valence-electron chi connectivity index (χ3n) is 11.1. The first-order valence-electron chi connectivity index (χ1n) is 27.2. The molecule has 1 unspecified atom stereocenters. The largest absolute Gasteiger partial charge is 0.462 e. The number of ether oxygens (including phenoxy) is 3. The van der Waals surface area contributed by atoms with Crippen LogP contribution in [0, 0.1) is 0 Å². The van der Waals surface area contributed by atoms with Gasteiger partial charge in [0.05, 0.1) is 0 Å². The SMILES string of the molecule is CC\C=C/C=C\C=C/C=C\C=C\C=C/C=C\CCCCCC(=O)OCC(COC(=O)CCCCC/C=C\C=C/CCCC)OC(=O)CCCCCCCCC/C=C\CCCCCCCCCC. The molecule has 0 aliphatic rings. The van der Waals surface area contributed by atoms with Crippen LogP contribution in [0.2, 0.25) is 0 Å². The average molecular weight is 927 g/mol. The van der Waals surface area contributed by atoms with Gasteiger partial charge in [-0.15, -0.1) is 0 Å². The highest BCUT2D eigenvalue weighted by atomic mass is 16.6. The van der Waals surface area contributed by atoms with Crippen molar-refractivity contribution in [1.82, 2.24) is 0 Å². The molecule has 0 bridgehead atoms. The predicted molar refractivity (Wildman–Crippen MR) is 288 cm³/mol. The number of rotatable bonds is 47. The van der Waals surface area contributed by atoms with Crippen LogP contribution < -0.4 is 0 Å². The minimum atomic E-state index is -0.813. The lowest BCUT2D eigenvalue weighted by Crippen LogP contribution is -2.30. The van der Waals surface area contributed by atoms with E-state index in [4.69, 9.17) is 14.2 Å². The van der Waals surface area contributed by atoms with Gasteiger partial charge in [-0.25, -0.2) is 0 Å². The number of allylic oxidation sites excluding steroid dienone is 20. The van der Waals surface area contributed by atoms with Crippen LogP contribution in [-0.2, 0) is 28.6 Å². The molecule has 0 saturated heterocycles. The molecule has 0 saturated carbocycles. The predicted octanol–water partition coefficient (Wildman–Crippen LogP) is 18.1. The van der Waals surface area contributed by atoms with E-state index in [0.717, 1.165) is 83.5 Å². The van der Waals surface area contributed by atoms with Crippen LogP contribution >= 0.6 is 0 Å². The third kappa shape index (κ3) is 52.6. The lowest BCUT2D eigenvalue weighted by atomic mass is 10.1. The molecule has 0 aliphatic carbocycles. The molecule has 1 atom stereocenters. The van der Waals surface area contributed by atoms with E-state index in [0.29, 0.717) is 19.3 Å². The Bertz CT molecular complexity index is 1440. The van der Waals surface area contributed by atoms with Crippen molar-refractivity contribution in [2.75, 3.05) is 13.2 Å². The van der Waals surface area contributed by atoms with E-state index in [1.54, 1.807) is 0 Å². The van der Waals surface area contributed by atoms with Crippen LogP contribution in [0.1, 0.15) is 226 Å². The lowest BCUT2D eigenvalue weighted by Gasteiger charge is -2.18. The van der Waals surface area contributed by atoms with Gasteiger partial charge >= 0.3 is 17.9 Å². The van der Waals surface area contributed by atoms with E-state index in [9.17, 15) is 14.4 Å². The Morgan fingerprint density at radius 3 is 1.03 bits per heavy atom. The molecule has 0 aromatic rings. The Kier molecular flexibility index (Phi) is 51.0. The summed E-state index contributed by atoms with van der Waals surface area (Å²) in [5.41, 5.74) is 0. The Labute approximate surface area is 412 Å². The Morgan fingerprint density at radius 2 is 0.612 bits per heavy atom. The number of hydrogen-bond acceptors (Lipinski definition) is 6.